The monoisotopic (exact) mass is 364 g/mol. The molecule has 0 unspecified atom stereocenters. The summed E-state index contributed by atoms with van der Waals surface area (Å²) in [5.41, 5.74) is 0.836. The first-order valence-corrected chi connectivity index (χ1v) is 8.85. The zero-order valence-corrected chi connectivity index (χ0v) is 15.5. The minimum atomic E-state index is -1.10. The number of ether oxygens (including phenoxy) is 1. The Labute approximate surface area is 154 Å². The van der Waals surface area contributed by atoms with Crippen molar-refractivity contribution in [2.45, 2.75) is 58.7 Å². The first kappa shape index (κ1) is 21.5. The average Bonchev–Trinajstić information content (AvgIpc) is 2.61. The van der Waals surface area contributed by atoms with E-state index in [2.05, 4.69) is 10.6 Å². The standard InChI is InChI=1S/C19H28N2O5/c1-4-5-11-15(17(22)21-16(13(2)3)18(23)24)20-19(25)26-12-14-9-7-6-8-10-14/h6-10,13,15-16H,4-5,11-12H2,1-3H3,(H,20,25)(H,21,22)(H,23,24)/t15-,16+/m0/s1. The number of unbranched alkanes of at least 4 members (excludes halogenated alkanes) is 1. The molecule has 2 amide bonds. The summed E-state index contributed by atoms with van der Waals surface area (Å²) in [4.78, 5) is 35.7. The van der Waals surface area contributed by atoms with Crippen molar-refractivity contribution in [3.05, 3.63) is 35.9 Å². The fraction of sp³-hybridized carbons (Fsp3) is 0.526. The van der Waals surface area contributed by atoms with Crippen molar-refractivity contribution in [2.24, 2.45) is 5.92 Å². The van der Waals surface area contributed by atoms with E-state index in [1.54, 1.807) is 13.8 Å². The summed E-state index contributed by atoms with van der Waals surface area (Å²) in [7, 11) is 0. The number of carboxylic acid groups (broad SMARTS) is 1. The fourth-order valence-electron chi connectivity index (χ4n) is 2.35. The van der Waals surface area contributed by atoms with Crippen LogP contribution in [0.15, 0.2) is 30.3 Å². The van der Waals surface area contributed by atoms with E-state index in [0.717, 1.165) is 18.4 Å². The molecule has 0 fully saturated rings. The van der Waals surface area contributed by atoms with Crippen LogP contribution < -0.4 is 10.6 Å². The van der Waals surface area contributed by atoms with Gasteiger partial charge >= 0.3 is 12.1 Å². The topological polar surface area (TPSA) is 105 Å². The lowest BCUT2D eigenvalue weighted by molar-refractivity contribution is -0.143. The van der Waals surface area contributed by atoms with Crippen molar-refractivity contribution in [3.8, 4) is 0 Å². The van der Waals surface area contributed by atoms with Gasteiger partial charge in [0.2, 0.25) is 5.91 Å². The van der Waals surface area contributed by atoms with Crippen molar-refractivity contribution in [3.63, 3.8) is 0 Å². The summed E-state index contributed by atoms with van der Waals surface area (Å²) < 4.78 is 5.14. The minimum absolute atomic E-state index is 0.0958. The van der Waals surface area contributed by atoms with Gasteiger partial charge in [-0.25, -0.2) is 9.59 Å². The van der Waals surface area contributed by atoms with Crippen molar-refractivity contribution < 1.29 is 24.2 Å². The van der Waals surface area contributed by atoms with Gasteiger partial charge in [0.05, 0.1) is 0 Å². The third kappa shape index (κ3) is 7.55. The quantitative estimate of drug-likeness (QED) is 0.592. The number of carboxylic acids is 1. The molecule has 0 aromatic heterocycles. The maximum absolute atomic E-state index is 12.4. The fourth-order valence-corrected chi connectivity index (χ4v) is 2.35. The maximum Gasteiger partial charge on any atom is 0.408 e. The van der Waals surface area contributed by atoms with Crippen LogP contribution in [0.2, 0.25) is 0 Å². The molecule has 0 spiro atoms. The summed E-state index contributed by atoms with van der Waals surface area (Å²) in [6.07, 6.45) is 1.27. The van der Waals surface area contributed by atoms with E-state index in [1.807, 2.05) is 37.3 Å². The van der Waals surface area contributed by atoms with Crippen LogP contribution in [0.25, 0.3) is 0 Å². The Morgan fingerprint density at radius 1 is 1.12 bits per heavy atom. The van der Waals surface area contributed by atoms with E-state index < -0.39 is 30.1 Å². The van der Waals surface area contributed by atoms with E-state index in [0.29, 0.717) is 6.42 Å². The molecule has 3 N–H and O–H groups in total. The van der Waals surface area contributed by atoms with Crippen molar-refractivity contribution in [2.75, 3.05) is 0 Å². The number of nitrogens with one attached hydrogen (secondary N) is 2. The van der Waals surface area contributed by atoms with Gasteiger partial charge in [-0.2, -0.15) is 0 Å². The predicted octanol–water partition coefficient (Wildman–Crippen LogP) is 2.70. The molecule has 0 aliphatic carbocycles. The summed E-state index contributed by atoms with van der Waals surface area (Å²) >= 11 is 0. The number of carbonyl (C=O) groups excluding carboxylic acids is 2. The van der Waals surface area contributed by atoms with Crippen LogP contribution >= 0.6 is 0 Å². The van der Waals surface area contributed by atoms with E-state index >= 15 is 0 Å². The van der Waals surface area contributed by atoms with Crippen LogP contribution in [-0.2, 0) is 20.9 Å². The second-order valence-corrected chi connectivity index (χ2v) is 6.47. The zero-order valence-electron chi connectivity index (χ0n) is 15.5. The first-order chi connectivity index (χ1) is 12.3. The number of aliphatic carboxylic acids is 1. The van der Waals surface area contributed by atoms with Gasteiger partial charge in [-0.3, -0.25) is 4.79 Å². The average molecular weight is 364 g/mol. The molecule has 0 heterocycles. The third-order valence-corrected chi connectivity index (χ3v) is 3.90. The Balaban J connectivity index is 2.65. The number of hydrogen-bond acceptors (Lipinski definition) is 4. The van der Waals surface area contributed by atoms with E-state index in [1.165, 1.54) is 0 Å². The lowest BCUT2D eigenvalue weighted by Gasteiger charge is -2.23. The third-order valence-electron chi connectivity index (χ3n) is 3.90. The van der Waals surface area contributed by atoms with Gasteiger partial charge in [0.25, 0.3) is 0 Å². The molecule has 2 atom stereocenters. The largest absolute Gasteiger partial charge is 0.480 e. The highest BCUT2D eigenvalue weighted by Crippen LogP contribution is 2.07. The first-order valence-electron chi connectivity index (χ1n) is 8.85. The van der Waals surface area contributed by atoms with Crippen molar-refractivity contribution in [1.29, 1.82) is 0 Å². The van der Waals surface area contributed by atoms with E-state index in [-0.39, 0.29) is 12.5 Å². The SMILES string of the molecule is CCCC[C@H](NC(=O)OCc1ccccc1)C(=O)N[C@@H](C(=O)O)C(C)C. The normalized spacial score (nSPS) is 12.9. The molecule has 26 heavy (non-hydrogen) atoms. The van der Waals surface area contributed by atoms with Gasteiger partial charge in [0.1, 0.15) is 18.7 Å². The molecule has 0 radical (unpaired) electrons. The number of amides is 2. The summed E-state index contributed by atoms with van der Waals surface area (Å²) in [6, 6.07) is 7.36. The zero-order chi connectivity index (χ0) is 19.5. The lowest BCUT2D eigenvalue weighted by atomic mass is 10.0. The minimum Gasteiger partial charge on any atom is -0.480 e. The summed E-state index contributed by atoms with van der Waals surface area (Å²) in [5.74, 6) is -1.89. The van der Waals surface area contributed by atoms with Gasteiger partial charge in [-0.15, -0.1) is 0 Å². The van der Waals surface area contributed by atoms with Crippen LogP contribution in [0, 0.1) is 5.92 Å². The summed E-state index contributed by atoms with van der Waals surface area (Å²) in [6.45, 7) is 5.48. The predicted molar refractivity (Wildman–Crippen MR) is 97.5 cm³/mol. The number of rotatable bonds is 10. The van der Waals surface area contributed by atoms with Crippen molar-refractivity contribution in [1.82, 2.24) is 10.6 Å². The second kappa shape index (κ2) is 11.1. The molecule has 7 heteroatoms. The van der Waals surface area contributed by atoms with E-state index in [4.69, 9.17) is 4.74 Å². The number of carbonyl (C=O) groups is 3. The molecule has 7 nitrogen and oxygen atoms in total. The smallest absolute Gasteiger partial charge is 0.408 e. The Bertz CT molecular complexity index is 589. The Kier molecular flexibility index (Phi) is 9.19. The molecule has 0 saturated heterocycles. The number of hydrogen-bond donors (Lipinski definition) is 3. The molecule has 0 aliphatic rings. The Hall–Kier alpha value is -2.57. The second-order valence-electron chi connectivity index (χ2n) is 6.47. The molecule has 0 bridgehead atoms. The van der Waals surface area contributed by atoms with E-state index in [9.17, 15) is 19.5 Å². The number of benzene rings is 1. The highest BCUT2D eigenvalue weighted by molar-refractivity contribution is 5.89. The molecule has 0 saturated carbocycles. The van der Waals surface area contributed by atoms with Crippen LogP contribution in [0.5, 0.6) is 0 Å². The van der Waals surface area contributed by atoms with Crippen LogP contribution in [0.3, 0.4) is 0 Å². The number of alkyl carbamates (subject to hydrolysis) is 1. The highest BCUT2D eigenvalue weighted by atomic mass is 16.5. The highest BCUT2D eigenvalue weighted by Gasteiger charge is 2.28. The Morgan fingerprint density at radius 2 is 1.77 bits per heavy atom. The summed E-state index contributed by atoms with van der Waals surface area (Å²) in [5, 5.41) is 14.3. The molecule has 1 aromatic rings. The van der Waals surface area contributed by atoms with Gasteiger partial charge in [0.15, 0.2) is 0 Å². The van der Waals surface area contributed by atoms with Gasteiger partial charge in [0, 0.05) is 0 Å². The molecule has 144 valence electrons. The molecule has 0 aliphatic heterocycles. The molecule has 1 rings (SSSR count). The van der Waals surface area contributed by atoms with Gasteiger partial charge in [-0.1, -0.05) is 63.9 Å². The van der Waals surface area contributed by atoms with Gasteiger partial charge < -0.3 is 20.5 Å². The van der Waals surface area contributed by atoms with Crippen LogP contribution in [0.4, 0.5) is 4.79 Å². The molecular weight excluding hydrogens is 336 g/mol. The van der Waals surface area contributed by atoms with Crippen LogP contribution in [0.1, 0.15) is 45.6 Å². The Morgan fingerprint density at radius 3 is 2.31 bits per heavy atom. The van der Waals surface area contributed by atoms with Crippen molar-refractivity contribution >= 4 is 18.0 Å². The molecular formula is C19H28N2O5. The van der Waals surface area contributed by atoms with Crippen LogP contribution in [-0.4, -0.2) is 35.2 Å². The lowest BCUT2D eigenvalue weighted by Crippen LogP contribution is -2.53. The molecule has 1 aromatic carbocycles. The maximum atomic E-state index is 12.4. The van der Waals surface area contributed by atoms with Gasteiger partial charge in [-0.05, 0) is 17.9 Å².